The summed E-state index contributed by atoms with van der Waals surface area (Å²) in [6.07, 6.45) is 3.11. The summed E-state index contributed by atoms with van der Waals surface area (Å²) in [7, 11) is 0. The topological polar surface area (TPSA) is 0 Å². The van der Waals surface area contributed by atoms with Crippen LogP contribution in [-0.4, -0.2) is 11.8 Å². The molecule has 0 bridgehead atoms. The third-order valence-electron chi connectivity index (χ3n) is 3.92. The molecule has 0 atom stereocenters. The van der Waals surface area contributed by atoms with Crippen molar-refractivity contribution in [3.05, 3.63) is 70.2 Å². The number of hydrogen-bond donors (Lipinski definition) is 0. The average Bonchev–Trinajstić information content (AvgIpc) is 2.54. The van der Waals surface area contributed by atoms with E-state index in [9.17, 15) is 0 Å². The molecule has 0 aliphatic heterocycles. The van der Waals surface area contributed by atoms with E-state index in [-0.39, 0.29) is 5.41 Å². The normalized spacial score (nSPS) is 11.6. The molecule has 2 aromatic carbocycles. The van der Waals surface area contributed by atoms with Gasteiger partial charge in [-0.25, -0.2) is 0 Å². The lowest BCUT2D eigenvalue weighted by Gasteiger charge is -2.31. The third-order valence-corrected chi connectivity index (χ3v) is 5.64. The second kappa shape index (κ2) is 8.22. The van der Waals surface area contributed by atoms with E-state index in [1.807, 2.05) is 18.2 Å². The van der Waals surface area contributed by atoms with Gasteiger partial charge in [0.1, 0.15) is 0 Å². The standard InChI is InChI=1S/C18H19BrCl2/c19-17-11-5-4-10-16(17)18(13-20,14-21)12-6-9-15-7-2-1-3-8-15/h1-5,7-8,10-11H,6,9,12-14H2. The highest BCUT2D eigenvalue weighted by Gasteiger charge is 2.31. The van der Waals surface area contributed by atoms with Crippen molar-refractivity contribution in [2.75, 3.05) is 11.8 Å². The van der Waals surface area contributed by atoms with E-state index in [4.69, 9.17) is 23.2 Å². The molecule has 0 N–H and O–H groups in total. The van der Waals surface area contributed by atoms with Gasteiger partial charge in [0, 0.05) is 21.6 Å². The zero-order valence-corrected chi connectivity index (χ0v) is 15.0. The molecule has 3 heteroatoms. The first-order valence-corrected chi connectivity index (χ1v) is 8.99. The van der Waals surface area contributed by atoms with Crippen molar-refractivity contribution >= 4 is 39.1 Å². The summed E-state index contributed by atoms with van der Waals surface area (Å²) in [5.74, 6) is 1.07. The van der Waals surface area contributed by atoms with Gasteiger partial charge < -0.3 is 0 Å². The predicted octanol–water partition coefficient (Wildman–Crippen LogP) is 6.19. The van der Waals surface area contributed by atoms with Crippen LogP contribution in [0.1, 0.15) is 24.0 Å². The molecule has 112 valence electrons. The Labute approximate surface area is 145 Å². The molecule has 0 aromatic heterocycles. The smallest absolute Gasteiger partial charge is 0.0332 e. The van der Waals surface area contributed by atoms with Gasteiger partial charge in [0.2, 0.25) is 0 Å². The Bertz CT molecular complexity index is 550. The van der Waals surface area contributed by atoms with Crippen molar-refractivity contribution in [3.63, 3.8) is 0 Å². The lowest BCUT2D eigenvalue weighted by atomic mass is 9.79. The van der Waals surface area contributed by atoms with Gasteiger partial charge in [-0.2, -0.15) is 0 Å². The van der Waals surface area contributed by atoms with Gasteiger partial charge in [0.25, 0.3) is 0 Å². The fraction of sp³-hybridized carbons (Fsp3) is 0.333. The Kier molecular flexibility index (Phi) is 6.60. The maximum absolute atomic E-state index is 6.31. The van der Waals surface area contributed by atoms with E-state index in [2.05, 4.69) is 52.3 Å². The zero-order chi connectivity index (χ0) is 15.1. The van der Waals surface area contributed by atoms with Crippen molar-refractivity contribution in [3.8, 4) is 0 Å². The van der Waals surface area contributed by atoms with Crippen LogP contribution < -0.4 is 0 Å². The summed E-state index contributed by atoms with van der Waals surface area (Å²) in [5.41, 5.74) is 2.41. The highest BCUT2D eigenvalue weighted by atomic mass is 79.9. The van der Waals surface area contributed by atoms with Gasteiger partial charge in [-0.05, 0) is 36.5 Å². The minimum atomic E-state index is -0.169. The molecule has 2 rings (SSSR count). The van der Waals surface area contributed by atoms with Gasteiger partial charge >= 0.3 is 0 Å². The Morgan fingerprint density at radius 3 is 2.10 bits per heavy atom. The monoisotopic (exact) mass is 384 g/mol. The quantitative estimate of drug-likeness (QED) is 0.498. The molecule has 0 nitrogen and oxygen atoms in total. The maximum atomic E-state index is 6.31. The molecule has 0 saturated carbocycles. The third kappa shape index (κ3) is 4.25. The van der Waals surface area contributed by atoms with Crippen LogP contribution in [0, 0.1) is 0 Å². The van der Waals surface area contributed by atoms with Gasteiger partial charge in [-0.1, -0.05) is 64.5 Å². The van der Waals surface area contributed by atoms with Crippen LogP contribution in [0.5, 0.6) is 0 Å². The van der Waals surface area contributed by atoms with Gasteiger partial charge in [-0.15, -0.1) is 23.2 Å². The molecular weight excluding hydrogens is 367 g/mol. The molecule has 0 unspecified atom stereocenters. The Balaban J connectivity index is 2.10. The fourth-order valence-corrected chi connectivity index (χ4v) is 4.16. The van der Waals surface area contributed by atoms with Crippen LogP contribution in [0.4, 0.5) is 0 Å². The first-order valence-electron chi connectivity index (χ1n) is 7.13. The molecule has 0 amide bonds. The van der Waals surface area contributed by atoms with Crippen LogP contribution in [-0.2, 0) is 11.8 Å². The minimum absolute atomic E-state index is 0.169. The molecule has 0 spiro atoms. The predicted molar refractivity (Wildman–Crippen MR) is 96.6 cm³/mol. The first-order chi connectivity index (χ1) is 10.2. The second-order valence-corrected chi connectivity index (χ2v) is 6.76. The number of halogens is 3. The van der Waals surface area contributed by atoms with Gasteiger partial charge in [-0.3, -0.25) is 0 Å². The minimum Gasteiger partial charge on any atom is -0.126 e. The molecular formula is C18H19BrCl2. The van der Waals surface area contributed by atoms with Crippen molar-refractivity contribution in [1.29, 1.82) is 0 Å². The molecule has 0 fully saturated rings. The van der Waals surface area contributed by atoms with Crippen LogP contribution >= 0.6 is 39.1 Å². The Morgan fingerprint density at radius 1 is 0.857 bits per heavy atom. The van der Waals surface area contributed by atoms with E-state index in [1.54, 1.807) is 0 Å². The van der Waals surface area contributed by atoms with Crippen molar-refractivity contribution in [2.45, 2.75) is 24.7 Å². The van der Waals surface area contributed by atoms with Crippen LogP contribution in [0.15, 0.2) is 59.1 Å². The fourth-order valence-electron chi connectivity index (χ4n) is 2.61. The summed E-state index contributed by atoms with van der Waals surface area (Å²) in [6, 6.07) is 18.8. The number of hydrogen-bond acceptors (Lipinski definition) is 0. The first kappa shape index (κ1) is 16.9. The summed E-state index contributed by atoms with van der Waals surface area (Å²) in [6.45, 7) is 0. The molecule has 2 aromatic rings. The number of benzene rings is 2. The van der Waals surface area contributed by atoms with Crippen LogP contribution in [0.2, 0.25) is 0 Å². The highest BCUT2D eigenvalue weighted by molar-refractivity contribution is 9.10. The molecule has 0 saturated heterocycles. The summed E-state index contributed by atoms with van der Waals surface area (Å²) >= 11 is 16.2. The average molecular weight is 386 g/mol. The van der Waals surface area contributed by atoms with E-state index < -0.39 is 0 Å². The van der Waals surface area contributed by atoms with Crippen LogP contribution in [0.25, 0.3) is 0 Å². The largest absolute Gasteiger partial charge is 0.126 e. The summed E-state index contributed by atoms with van der Waals surface area (Å²) in [5, 5.41) is 0. The Hall–Kier alpha value is -0.500. The summed E-state index contributed by atoms with van der Waals surface area (Å²) < 4.78 is 1.09. The van der Waals surface area contributed by atoms with Crippen molar-refractivity contribution < 1.29 is 0 Å². The summed E-state index contributed by atoms with van der Waals surface area (Å²) in [4.78, 5) is 0. The van der Waals surface area contributed by atoms with Gasteiger partial charge in [0.15, 0.2) is 0 Å². The second-order valence-electron chi connectivity index (χ2n) is 5.37. The van der Waals surface area contributed by atoms with E-state index in [0.717, 1.165) is 23.7 Å². The number of aryl methyl sites for hydroxylation is 1. The van der Waals surface area contributed by atoms with Crippen molar-refractivity contribution in [1.82, 2.24) is 0 Å². The lowest BCUT2D eigenvalue weighted by Crippen LogP contribution is -2.31. The maximum Gasteiger partial charge on any atom is 0.0332 e. The zero-order valence-electron chi connectivity index (χ0n) is 11.9. The van der Waals surface area contributed by atoms with Crippen molar-refractivity contribution in [2.24, 2.45) is 0 Å². The van der Waals surface area contributed by atoms with E-state index in [0.29, 0.717) is 11.8 Å². The lowest BCUT2D eigenvalue weighted by molar-refractivity contribution is 0.471. The van der Waals surface area contributed by atoms with Gasteiger partial charge in [0.05, 0.1) is 0 Å². The molecule has 0 radical (unpaired) electrons. The molecule has 21 heavy (non-hydrogen) atoms. The van der Waals surface area contributed by atoms with E-state index in [1.165, 1.54) is 11.1 Å². The highest BCUT2D eigenvalue weighted by Crippen LogP contribution is 2.37. The molecule has 0 aliphatic rings. The van der Waals surface area contributed by atoms with E-state index >= 15 is 0 Å². The number of alkyl halides is 2. The van der Waals surface area contributed by atoms with Crippen LogP contribution in [0.3, 0.4) is 0 Å². The SMILES string of the molecule is ClCC(CCl)(CCCc1ccccc1)c1ccccc1Br. The number of rotatable bonds is 7. The Morgan fingerprint density at radius 2 is 1.48 bits per heavy atom. The molecule has 0 heterocycles. The molecule has 0 aliphatic carbocycles.